The summed E-state index contributed by atoms with van der Waals surface area (Å²) in [6.07, 6.45) is 2.88. The van der Waals surface area contributed by atoms with Crippen LogP contribution in [0.15, 0.2) is 10.9 Å². The summed E-state index contributed by atoms with van der Waals surface area (Å²) in [6, 6.07) is 0. The van der Waals surface area contributed by atoms with Crippen LogP contribution < -0.4 is 0 Å². The van der Waals surface area contributed by atoms with Gasteiger partial charge in [-0.1, -0.05) is 12.1 Å². The summed E-state index contributed by atoms with van der Waals surface area (Å²) in [7, 11) is 1.93. The third-order valence-corrected chi connectivity index (χ3v) is 3.66. The second kappa shape index (κ2) is 5.48. The summed E-state index contributed by atoms with van der Waals surface area (Å²) >= 11 is 6.28. The third-order valence-electron chi connectivity index (χ3n) is 3.47. The number of halogens is 1. The van der Waals surface area contributed by atoms with Gasteiger partial charge in [0.2, 0.25) is 5.89 Å². The van der Waals surface area contributed by atoms with Crippen molar-refractivity contribution in [1.29, 1.82) is 0 Å². The highest BCUT2D eigenvalue weighted by atomic mass is 35.5. The molecule has 0 bridgehead atoms. The van der Waals surface area contributed by atoms with Gasteiger partial charge in [-0.3, -0.25) is 4.68 Å². The first-order valence-corrected chi connectivity index (χ1v) is 7.37. The Balaban J connectivity index is 2.05. The summed E-state index contributed by atoms with van der Waals surface area (Å²) in [5.74, 6) is 1.44. The Morgan fingerprint density at radius 1 is 1.43 bits per heavy atom. The molecule has 0 aliphatic carbocycles. The molecule has 0 saturated heterocycles. The molecule has 0 N–H and O–H groups in total. The Labute approximate surface area is 126 Å². The number of nitrogens with zero attached hydrogens (tertiary/aromatic N) is 6. The fourth-order valence-corrected chi connectivity index (χ4v) is 2.70. The summed E-state index contributed by atoms with van der Waals surface area (Å²) in [4.78, 5) is 8.73. The fourth-order valence-electron chi connectivity index (χ4n) is 2.53. The van der Waals surface area contributed by atoms with Gasteiger partial charge in [0, 0.05) is 20.0 Å². The lowest BCUT2D eigenvalue weighted by molar-refractivity contribution is 0.370. The van der Waals surface area contributed by atoms with E-state index in [9.17, 15) is 0 Å². The Bertz CT molecular complexity index is 742. The second-order valence-corrected chi connectivity index (χ2v) is 5.57. The van der Waals surface area contributed by atoms with Gasteiger partial charge in [0.05, 0.1) is 11.1 Å². The van der Waals surface area contributed by atoms with Crippen LogP contribution in [0.3, 0.4) is 0 Å². The van der Waals surface area contributed by atoms with E-state index in [1.54, 1.807) is 0 Å². The molecule has 1 unspecified atom stereocenters. The van der Waals surface area contributed by atoms with Crippen LogP contribution in [0, 0.1) is 0 Å². The lowest BCUT2D eigenvalue weighted by Gasteiger charge is -2.09. The molecule has 3 rings (SSSR count). The zero-order valence-corrected chi connectivity index (χ0v) is 13.0. The summed E-state index contributed by atoms with van der Waals surface area (Å²) in [5, 5.41) is 7.96. The average Bonchev–Trinajstić information content (AvgIpc) is 3.13. The van der Waals surface area contributed by atoms with E-state index in [0.29, 0.717) is 18.9 Å². The molecule has 7 nitrogen and oxygen atoms in total. The Hall–Kier alpha value is -1.89. The van der Waals surface area contributed by atoms with Crippen molar-refractivity contribution < 1.29 is 4.52 Å². The maximum atomic E-state index is 6.28. The van der Waals surface area contributed by atoms with Crippen molar-refractivity contribution in [2.45, 2.75) is 38.6 Å². The van der Waals surface area contributed by atoms with Crippen molar-refractivity contribution in [2.75, 3.05) is 0 Å². The highest BCUT2D eigenvalue weighted by molar-refractivity contribution is 6.20. The number of alkyl halides is 1. The van der Waals surface area contributed by atoms with Gasteiger partial charge in [-0.25, -0.2) is 4.98 Å². The minimum Gasteiger partial charge on any atom is -0.340 e. The summed E-state index contributed by atoms with van der Waals surface area (Å²) < 4.78 is 9.00. The van der Waals surface area contributed by atoms with Gasteiger partial charge in [0.1, 0.15) is 11.3 Å². The lowest BCUT2D eigenvalue weighted by Crippen LogP contribution is -2.10. The number of fused-ring (bicyclic) bond motifs is 1. The molecule has 0 spiro atoms. The topological polar surface area (TPSA) is 74.6 Å². The monoisotopic (exact) mass is 308 g/mol. The van der Waals surface area contributed by atoms with Gasteiger partial charge in [-0.2, -0.15) is 10.1 Å². The van der Waals surface area contributed by atoms with Gasteiger partial charge in [-0.05, 0) is 13.3 Å². The molecular formula is C13H17ClN6O. The van der Waals surface area contributed by atoms with Crippen LogP contribution in [0.5, 0.6) is 0 Å². The molecular weight excluding hydrogens is 292 g/mol. The Kier molecular flexibility index (Phi) is 3.67. The van der Waals surface area contributed by atoms with Gasteiger partial charge in [0.15, 0.2) is 12.0 Å². The smallest absolute Gasteiger partial charge is 0.228 e. The highest BCUT2D eigenvalue weighted by Crippen LogP contribution is 2.26. The molecule has 0 amide bonds. The minimum atomic E-state index is -0.176. The van der Waals surface area contributed by atoms with Crippen LogP contribution in [0.25, 0.3) is 11.2 Å². The van der Waals surface area contributed by atoms with Crippen molar-refractivity contribution in [3.8, 4) is 0 Å². The number of hydrogen-bond donors (Lipinski definition) is 0. The van der Waals surface area contributed by atoms with E-state index >= 15 is 0 Å². The maximum absolute atomic E-state index is 6.28. The first-order chi connectivity index (χ1) is 10.1. The number of aryl methyl sites for hydroxylation is 4. The maximum Gasteiger partial charge on any atom is 0.228 e. The van der Waals surface area contributed by atoms with Crippen LogP contribution in [0.1, 0.15) is 36.6 Å². The van der Waals surface area contributed by atoms with Crippen molar-refractivity contribution >= 4 is 22.8 Å². The summed E-state index contributed by atoms with van der Waals surface area (Å²) in [6.45, 7) is 4.67. The third kappa shape index (κ3) is 2.42. The van der Waals surface area contributed by atoms with Crippen molar-refractivity contribution in [2.24, 2.45) is 7.05 Å². The molecule has 0 fully saturated rings. The number of hydrogen-bond acceptors (Lipinski definition) is 5. The van der Waals surface area contributed by atoms with Crippen LogP contribution in [-0.4, -0.2) is 29.5 Å². The predicted molar refractivity (Wildman–Crippen MR) is 78.1 cm³/mol. The molecule has 8 heteroatoms. The normalized spacial score (nSPS) is 13.1. The standard InChI is InChI=1S/C13H17ClN6O/c1-4-9-11-13(19(3)18-9)20(12(17-11)8(2)14)6-5-10-15-7-16-21-10/h7-8H,4-6H2,1-3H3. The van der Waals surface area contributed by atoms with E-state index in [-0.39, 0.29) is 5.38 Å². The number of rotatable bonds is 5. The molecule has 0 saturated carbocycles. The predicted octanol–water partition coefficient (Wildman–Crippen LogP) is 2.26. The summed E-state index contributed by atoms with van der Waals surface area (Å²) in [5.41, 5.74) is 2.89. The number of aromatic nitrogens is 6. The zero-order chi connectivity index (χ0) is 15.0. The molecule has 21 heavy (non-hydrogen) atoms. The first-order valence-electron chi connectivity index (χ1n) is 6.93. The van der Waals surface area contributed by atoms with E-state index < -0.39 is 0 Å². The van der Waals surface area contributed by atoms with Crippen molar-refractivity contribution in [1.82, 2.24) is 29.5 Å². The minimum absolute atomic E-state index is 0.176. The van der Waals surface area contributed by atoms with Gasteiger partial charge in [0.25, 0.3) is 0 Å². The SMILES string of the molecule is CCc1nn(C)c2c1nc(C(C)Cl)n2CCc1ncno1. The van der Waals surface area contributed by atoms with Gasteiger partial charge < -0.3 is 9.09 Å². The Morgan fingerprint density at radius 2 is 2.24 bits per heavy atom. The number of imidazole rings is 1. The van der Waals surface area contributed by atoms with Crippen LogP contribution in [0.2, 0.25) is 0 Å². The van der Waals surface area contributed by atoms with Crippen LogP contribution >= 0.6 is 11.6 Å². The molecule has 3 heterocycles. The zero-order valence-electron chi connectivity index (χ0n) is 12.2. The molecule has 0 aliphatic heterocycles. The molecule has 1 atom stereocenters. The first kappa shape index (κ1) is 14.1. The highest BCUT2D eigenvalue weighted by Gasteiger charge is 2.21. The molecule has 112 valence electrons. The average molecular weight is 309 g/mol. The largest absolute Gasteiger partial charge is 0.340 e. The van der Waals surface area contributed by atoms with Crippen molar-refractivity contribution in [3.05, 3.63) is 23.7 Å². The Morgan fingerprint density at radius 3 is 2.86 bits per heavy atom. The molecule has 3 aromatic rings. The van der Waals surface area contributed by atoms with Crippen LogP contribution in [0.4, 0.5) is 0 Å². The van der Waals surface area contributed by atoms with E-state index in [0.717, 1.165) is 29.1 Å². The van der Waals surface area contributed by atoms with Crippen molar-refractivity contribution in [3.63, 3.8) is 0 Å². The van der Waals surface area contributed by atoms with Gasteiger partial charge >= 0.3 is 0 Å². The molecule has 3 aromatic heterocycles. The lowest BCUT2D eigenvalue weighted by atomic mass is 10.3. The van der Waals surface area contributed by atoms with E-state index in [2.05, 4.69) is 31.7 Å². The van der Waals surface area contributed by atoms with E-state index in [1.165, 1.54) is 6.33 Å². The van der Waals surface area contributed by atoms with E-state index in [4.69, 9.17) is 16.1 Å². The van der Waals surface area contributed by atoms with Crippen LogP contribution in [-0.2, 0) is 26.4 Å². The molecule has 0 aliphatic rings. The second-order valence-electron chi connectivity index (χ2n) is 4.92. The quantitative estimate of drug-likeness (QED) is 0.676. The van der Waals surface area contributed by atoms with E-state index in [1.807, 2.05) is 18.7 Å². The molecule has 0 aromatic carbocycles. The molecule has 0 radical (unpaired) electrons. The van der Waals surface area contributed by atoms with Gasteiger partial charge in [-0.15, -0.1) is 11.6 Å². The fraction of sp³-hybridized carbons (Fsp3) is 0.538.